The highest BCUT2D eigenvalue weighted by atomic mass is 32.2. The minimum absolute atomic E-state index is 0.140. The number of hydrogen-bond acceptors (Lipinski definition) is 4. The third-order valence-electron chi connectivity index (χ3n) is 3.28. The van der Waals surface area contributed by atoms with E-state index in [4.69, 9.17) is 5.11 Å². The van der Waals surface area contributed by atoms with Crippen LogP contribution in [0.3, 0.4) is 0 Å². The topological polar surface area (TPSA) is 83.5 Å². The first-order valence-corrected chi connectivity index (χ1v) is 8.31. The number of aliphatic carboxylic acids is 1. The summed E-state index contributed by atoms with van der Waals surface area (Å²) in [5.74, 6) is -0.0894. The first-order valence-electron chi connectivity index (χ1n) is 7.26. The van der Waals surface area contributed by atoms with E-state index >= 15 is 0 Å². The highest BCUT2D eigenvalue weighted by molar-refractivity contribution is 8.00. The Morgan fingerprint density at radius 1 is 1.10 bits per heavy atom. The Bertz CT molecular complexity index is 346. The Labute approximate surface area is 123 Å². The first-order chi connectivity index (χ1) is 9.59. The number of imide groups is 1. The molecule has 0 radical (unpaired) electrons. The average molecular weight is 301 g/mol. The van der Waals surface area contributed by atoms with Crippen molar-refractivity contribution in [3.8, 4) is 0 Å². The monoisotopic (exact) mass is 301 g/mol. The molecule has 0 aromatic carbocycles. The maximum Gasteiger partial charge on any atom is 0.303 e. The lowest BCUT2D eigenvalue weighted by atomic mass is 10.1. The molecular formula is C14H23NO4S. The third kappa shape index (κ3) is 7.53. The third-order valence-corrected chi connectivity index (χ3v) is 4.59. The van der Waals surface area contributed by atoms with Crippen LogP contribution in [0.1, 0.15) is 57.8 Å². The van der Waals surface area contributed by atoms with E-state index in [1.54, 1.807) is 11.8 Å². The number of carboxylic acid groups (broad SMARTS) is 1. The van der Waals surface area contributed by atoms with Crippen LogP contribution < -0.4 is 5.32 Å². The zero-order valence-corrected chi connectivity index (χ0v) is 12.5. The van der Waals surface area contributed by atoms with Crippen LogP contribution in [-0.2, 0) is 14.4 Å². The first kappa shape index (κ1) is 17.0. The second-order valence-electron chi connectivity index (χ2n) is 5.09. The predicted octanol–water partition coefficient (Wildman–Crippen LogP) is 2.34. The van der Waals surface area contributed by atoms with Gasteiger partial charge in [-0.1, -0.05) is 32.1 Å². The van der Waals surface area contributed by atoms with Crippen LogP contribution in [0.2, 0.25) is 0 Å². The highest BCUT2D eigenvalue weighted by Gasteiger charge is 2.30. The summed E-state index contributed by atoms with van der Waals surface area (Å²) in [5, 5.41) is 10.6. The lowest BCUT2D eigenvalue weighted by Gasteiger charge is -2.05. The predicted molar refractivity (Wildman–Crippen MR) is 78.6 cm³/mol. The fourth-order valence-corrected chi connectivity index (χ4v) is 3.29. The second-order valence-corrected chi connectivity index (χ2v) is 6.41. The van der Waals surface area contributed by atoms with Crippen molar-refractivity contribution in [1.29, 1.82) is 0 Å². The van der Waals surface area contributed by atoms with Gasteiger partial charge in [0.2, 0.25) is 11.8 Å². The number of hydrogen-bond donors (Lipinski definition) is 2. The van der Waals surface area contributed by atoms with E-state index in [-0.39, 0.29) is 23.5 Å². The van der Waals surface area contributed by atoms with Crippen LogP contribution in [0.15, 0.2) is 0 Å². The van der Waals surface area contributed by atoms with E-state index in [0.29, 0.717) is 6.42 Å². The SMILES string of the molecule is O=C(O)CCCCCCCCCSC1CC(=O)NC1=O. The van der Waals surface area contributed by atoms with Crippen LogP contribution in [0.25, 0.3) is 0 Å². The van der Waals surface area contributed by atoms with Gasteiger partial charge in [0.05, 0.1) is 5.25 Å². The molecule has 5 nitrogen and oxygen atoms in total. The maximum atomic E-state index is 11.3. The molecule has 0 aromatic rings. The molecule has 0 saturated carbocycles. The van der Waals surface area contributed by atoms with E-state index in [1.165, 1.54) is 0 Å². The molecule has 1 aliphatic heterocycles. The molecule has 6 heteroatoms. The molecule has 2 N–H and O–H groups in total. The van der Waals surface area contributed by atoms with Gasteiger partial charge in [0, 0.05) is 12.8 Å². The number of amides is 2. The van der Waals surface area contributed by atoms with Crippen molar-refractivity contribution in [3.63, 3.8) is 0 Å². The van der Waals surface area contributed by atoms with Gasteiger partial charge in [-0.25, -0.2) is 0 Å². The fourth-order valence-electron chi connectivity index (χ4n) is 2.15. The van der Waals surface area contributed by atoms with Crippen LogP contribution in [0.4, 0.5) is 0 Å². The van der Waals surface area contributed by atoms with Crippen molar-refractivity contribution in [2.75, 3.05) is 5.75 Å². The van der Waals surface area contributed by atoms with Crippen LogP contribution in [-0.4, -0.2) is 33.9 Å². The van der Waals surface area contributed by atoms with Crippen molar-refractivity contribution in [3.05, 3.63) is 0 Å². The molecule has 1 aliphatic rings. The summed E-state index contributed by atoms with van der Waals surface area (Å²) in [6.07, 6.45) is 7.97. The summed E-state index contributed by atoms with van der Waals surface area (Å²) in [6.45, 7) is 0. The summed E-state index contributed by atoms with van der Waals surface area (Å²) in [6, 6.07) is 0. The molecule has 1 unspecified atom stereocenters. The Balaban J connectivity index is 1.84. The lowest BCUT2D eigenvalue weighted by molar-refractivity contribution is -0.137. The van der Waals surface area contributed by atoms with Gasteiger partial charge < -0.3 is 5.11 Å². The van der Waals surface area contributed by atoms with Gasteiger partial charge in [0.15, 0.2) is 0 Å². The Morgan fingerprint density at radius 2 is 1.70 bits per heavy atom. The molecule has 1 rings (SSSR count). The molecule has 1 fully saturated rings. The fraction of sp³-hybridized carbons (Fsp3) is 0.786. The maximum absolute atomic E-state index is 11.3. The zero-order chi connectivity index (χ0) is 14.8. The minimum Gasteiger partial charge on any atom is -0.481 e. The lowest BCUT2D eigenvalue weighted by Crippen LogP contribution is -2.23. The molecule has 0 aromatic heterocycles. The van der Waals surface area contributed by atoms with E-state index < -0.39 is 5.97 Å². The minimum atomic E-state index is -0.712. The van der Waals surface area contributed by atoms with Gasteiger partial charge in [0.25, 0.3) is 0 Å². The normalized spacial score (nSPS) is 18.3. The number of carbonyl (C=O) groups excluding carboxylic acids is 2. The van der Waals surface area contributed by atoms with Crippen molar-refractivity contribution in [1.82, 2.24) is 5.32 Å². The van der Waals surface area contributed by atoms with Crippen molar-refractivity contribution in [2.45, 2.75) is 63.0 Å². The number of nitrogens with one attached hydrogen (secondary N) is 1. The molecule has 0 bridgehead atoms. The van der Waals surface area contributed by atoms with Gasteiger partial charge >= 0.3 is 5.97 Å². The van der Waals surface area contributed by atoms with Gasteiger partial charge in [0.1, 0.15) is 0 Å². The van der Waals surface area contributed by atoms with Crippen LogP contribution in [0.5, 0.6) is 0 Å². The standard InChI is InChI=1S/C14H23NO4S/c16-12-10-11(14(19)15-12)20-9-7-5-3-1-2-4-6-8-13(17)18/h11H,1-10H2,(H,17,18)(H,15,16,19). The molecule has 20 heavy (non-hydrogen) atoms. The second kappa shape index (κ2) is 9.80. The van der Waals surface area contributed by atoms with Crippen molar-refractivity contribution in [2.24, 2.45) is 0 Å². The van der Waals surface area contributed by atoms with Crippen LogP contribution in [0, 0.1) is 0 Å². The summed E-state index contributed by atoms with van der Waals surface area (Å²) < 4.78 is 0. The summed E-state index contributed by atoms with van der Waals surface area (Å²) in [7, 11) is 0. The molecule has 1 saturated heterocycles. The van der Waals surface area contributed by atoms with E-state index in [1.807, 2.05) is 0 Å². The number of thioether (sulfide) groups is 1. The largest absolute Gasteiger partial charge is 0.481 e. The zero-order valence-electron chi connectivity index (χ0n) is 11.7. The summed E-state index contributed by atoms with van der Waals surface area (Å²) >= 11 is 1.57. The van der Waals surface area contributed by atoms with E-state index in [9.17, 15) is 14.4 Å². The molecule has 0 aliphatic carbocycles. The molecule has 1 heterocycles. The smallest absolute Gasteiger partial charge is 0.303 e. The Morgan fingerprint density at radius 3 is 2.25 bits per heavy atom. The number of carbonyl (C=O) groups is 3. The van der Waals surface area contributed by atoms with Crippen molar-refractivity contribution >= 4 is 29.5 Å². The van der Waals surface area contributed by atoms with Gasteiger partial charge in [-0.15, -0.1) is 11.8 Å². The van der Waals surface area contributed by atoms with Gasteiger partial charge in [-0.05, 0) is 18.6 Å². The number of unbranched alkanes of at least 4 members (excludes halogenated alkanes) is 6. The van der Waals surface area contributed by atoms with E-state index in [2.05, 4.69) is 5.32 Å². The van der Waals surface area contributed by atoms with Crippen molar-refractivity contribution < 1.29 is 19.5 Å². The number of rotatable bonds is 11. The molecule has 114 valence electrons. The van der Waals surface area contributed by atoms with Gasteiger partial charge in [-0.2, -0.15) is 0 Å². The highest BCUT2D eigenvalue weighted by Crippen LogP contribution is 2.21. The summed E-state index contributed by atoms with van der Waals surface area (Å²) in [5.41, 5.74) is 0. The molecular weight excluding hydrogens is 278 g/mol. The molecule has 2 amide bonds. The Hall–Kier alpha value is -1.04. The number of carboxylic acids is 1. The Kier molecular flexibility index (Phi) is 8.34. The quantitative estimate of drug-likeness (QED) is 0.452. The van der Waals surface area contributed by atoms with E-state index in [0.717, 1.165) is 50.7 Å². The average Bonchev–Trinajstić information content (AvgIpc) is 2.70. The molecule has 1 atom stereocenters. The summed E-state index contributed by atoms with van der Waals surface area (Å²) in [4.78, 5) is 32.6. The molecule has 0 spiro atoms. The van der Waals surface area contributed by atoms with Crippen LogP contribution >= 0.6 is 11.8 Å². The van der Waals surface area contributed by atoms with Gasteiger partial charge in [-0.3, -0.25) is 19.7 Å².